The summed E-state index contributed by atoms with van der Waals surface area (Å²) >= 11 is 6.01. The van der Waals surface area contributed by atoms with Crippen molar-refractivity contribution in [3.8, 4) is 11.5 Å². The van der Waals surface area contributed by atoms with Crippen LogP contribution < -0.4 is 14.8 Å². The highest BCUT2D eigenvalue weighted by molar-refractivity contribution is 6.30. The number of hydrogen-bond acceptors (Lipinski definition) is 4. The Morgan fingerprint density at radius 1 is 1.00 bits per heavy atom. The van der Waals surface area contributed by atoms with E-state index in [1.807, 2.05) is 24.3 Å². The molecular weight excluding hydrogens is 386 g/mol. The molecule has 0 bridgehead atoms. The Bertz CT molecular complexity index is 1000. The molecule has 0 saturated carbocycles. The first-order valence-corrected chi connectivity index (χ1v) is 10.0. The molecule has 1 aliphatic heterocycles. The molecule has 0 aromatic heterocycles. The number of nitrogens with one attached hydrogen (secondary N) is 1. The largest absolute Gasteiger partial charge is 0.454 e. The minimum Gasteiger partial charge on any atom is -0.454 e. The van der Waals surface area contributed by atoms with Crippen LogP contribution in [0.2, 0.25) is 5.02 Å². The van der Waals surface area contributed by atoms with Crippen LogP contribution in [-0.2, 0) is 6.42 Å². The Morgan fingerprint density at radius 2 is 1.72 bits per heavy atom. The van der Waals surface area contributed by atoms with Crippen molar-refractivity contribution < 1.29 is 14.3 Å². The predicted octanol–water partition coefficient (Wildman–Crippen LogP) is 6.06. The van der Waals surface area contributed by atoms with E-state index in [0.29, 0.717) is 28.5 Å². The average molecular weight is 408 g/mol. The number of fused-ring (bicyclic) bond motifs is 1. The molecule has 0 aliphatic carbocycles. The second kappa shape index (κ2) is 8.58. The highest BCUT2D eigenvalue weighted by atomic mass is 35.5. The van der Waals surface area contributed by atoms with Gasteiger partial charge in [-0.3, -0.25) is 4.79 Å². The number of carbonyl (C=O) groups excluding carboxylic acids is 1. The monoisotopic (exact) mass is 407 g/mol. The third-order valence-corrected chi connectivity index (χ3v) is 5.31. The van der Waals surface area contributed by atoms with E-state index in [1.54, 1.807) is 18.2 Å². The molecule has 1 N–H and O–H groups in total. The number of rotatable bonds is 7. The van der Waals surface area contributed by atoms with E-state index in [4.69, 9.17) is 21.1 Å². The van der Waals surface area contributed by atoms with Gasteiger partial charge in [-0.15, -0.1) is 0 Å². The number of benzene rings is 3. The second-order valence-corrected chi connectivity index (χ2v) is 7.43. The molecule has 5 heteroatoms. The lowest BCUT2D eigenvalue weighted by atomic mass is 9.96. The topological polar surface area (TPSA) is 47.6 Å². The van der Waals surface area contributed by atoms with Gasteiger partial charge in [0.25, 0.3) is 0 Å². The number of aryl methyl sites for hydroxylation is 1. The molecular formula is C24H22ClNO3. The fourth-order valence-corrected chi connectivity index (χ4v) is 3.48. The first kappa shape index (κ1) is 19.3. The molecule has 0 unspecified atom stereocenters. The van der Waals surface area contributed by atoms with Crippen LogP contribution in [0.15, 0.2) is 66.7 Å². The predicted molar refractivity (Wildman–Crippen MR) is 115 cm³/mol. The van der Waals surface area contributed by atoms with Crippen molar-refractivity contribution in [2.75, 3.05) is 12.1 Å². The summed E-state index contributed by atoms with van der Waals surface area (Å²) in [4.78, 5) is 13.0. The first-order valence-electron chi connectivity index (χ1n) is 9.66. The van der Waals surface area contributed by atoms with Gasteiger partial charge in [-0.25, -0.2) is 0 Å². The normalized spacial score (nSPS) is 13.2. The van der Waals surface area contributed by atoms with E-state index in [2.05, 4.69) is 36.5 Å². The van der Waals surface area contributed by atoms with Gasteiger partial charge in [0.05, 0.1) is 6.04 Å². The Balaban J connectivity index is 1.58. The van der Waals surface area contributed by atoms with Gasteiger partial charge in [-0.05, 0) is 60.0 Å². The molecule has 4 nitrogen and oxygen atoms in total. The zero-order chi connectivity index (χ0) is 20.2. The SMILES string of the molecule is CCc1ccc([C@@H](CC(=O)c2ccc3c(c2)OCO3)Nc2ccc(Cl)cc2)cc1. The maximum atomic E-state index is 13.0. The molecule has 1 atom stereocenters. The lowest BCUT2D eigenvalue weighted by Crippen LogP contribution is -2.16. The van der Waals surface area contributed by atoms with Crippen molar-refractivity contribution in [3.63, 3.8) is 0 Å². The van der Waals surface area contributed by atoms with Gasteiger partial charge in [0.2, 0.25) is 6.79 Å². The Hall–Kier alpha value is -2.98. The highest BCUT2D eigenvalue weighted by Gasteiger charge is 2.20. The van der Waals surface area contributed by atoms with Gasteiger partial charge in [0.1, 0.15) is 0 Å². The molecule has 0 spiro atoms. The second-order valence-electron chi connectivity index (χ2n) is 6.99. The lowest BCUT2D eigenvalue weighted by Gasteiger charge is -2.20. The fourth-order valence-electron chi connectivity index (χ4n) is 3.36. The Kier molecular flexibility index (Phi) is 5.72. The summed E-state index contributed by atoms with van der Waals surface area (Å²) < 4.78 is 10.7. The van der Waals surface area contributed by atoms with E-state index in [1.165, 1.54) is 5.56 Å². The van der Waals surface area contributed by atoms with Crippen LogP contribution in [0.25, 0.3) is 0 Å². The van der Waals surface area contributed by atoms with Gasteiger partial charge in [-0.2, -0.15) is 0 Å². The molecule has 29 heavy (non-hydrogen) atoms. The van der Waals surface area contributed by atoms with Crippen LogP contribution in [-0.4, -0.2) is 12.6 Å². The van der Waals surface area contributed by atoms with Crippen LogP contribution in [0.5, 0.6) is 11.5 Å². The van der Waals surface area contributed by atoms with Gasteiger partial charge in [0.15, 0.2) is 17.3 Å². The third-order valence-electron chi connectivity index (χ3n) is 5.06. The summed E-state index contributed by atoms with van der Waals surface area (Å²) in [7, 11) is 0. The van der Waals surface area contributed by atoms with Gasteiger partial charge in [-0.1, -0.05) is 42.8 Å². The molecule has 4 rings (SSSR count). The van der Waals surface area contributed by atoms with Crippen LogP contribution in [0.4, 0.5) is 5.69 Å². The fraction of sp³-hybridized carbons (Fsp3) is 0.208. The van der Waals surface area contributed by atoms with E-state index in [0.717, 1.165) is 17.7 Å². The smallest absolute Gasteiger partial charge is 0.231 e. The zero-order valence-electron chi connectivity index (χ0n) is 16.2. The number of anilines is 1. The van der Waals surface area contributed by atoms with Crippen molar-refractivity contribution in [1.29, 1.82) is 0 Å². The third kappa shape index (κ3) is 4.54. The number of ketones is 1. The maximum Gasteiger partial charge on any atom is 0.231 e. The molecule has 0 saturated heterocycles. The molecule has 1 heterocycles. The van der Waals surface area contributed by atoms with Crippen LogP contribution in [0, 0.1) is 0 Å². The summed E-state index contributed by atoms with van der Waals surface area (Å²) in [6.45, 7) is 2.32. The average Bonchev–Trinajstić information content (AvgIpc) is 3.23. The standard InChI is InChI=1S/C24H22ClNO3/c1-2-16-3-5-17(6-4-16)21(26-20-10-8-19(25)9-11-20)14-22(27)18-7-12-23-24(13-18)29-15-28-23/h3-13,21,26H,2,14-15H2,1H3/t21-/m1/s1. The number of Topliss-reactive ketones (excluding diaryl/α,β-unsaturated/α-hetero) is 1. The van der Waals surface area contributed by atoms with E-state index in [-0.39, 0.29) is 18.6 Å². The van der Waals surface area contributed by atoms with Crippen molar-refractivity contribution in [2.24, 2.45) is 0 Å². The molecule has 148 valence electrons. The van der Waals surface area contributed by atoms with Gasteiger partial charge < -0.3 is 14.8 Å². The minimum absolute atomic E-state index is 0.0364. The number of carbonyl (C=O) groups is 1. The number of hydrogen-bond donors (Lipinski definition) is 1. The summed E-state index contributed by atoms with van der Waals surface area (Å²) in [6, 6.07) is 21.0. The summed E-state index contributed by atoms with van der Waals surface area (Å²) in [5.74, 6) is 1.33. The van der Waals surface area contributed by atoms with Crippen molar-refractivity contribution in [2.45, 2.75) is 25.8 Å². The molecule has 1 aliphatic rings. The van der Waals surface area contributed by atoms with E-state index < -0.39 is 0 Å². The Morgan fingerprint density at radius 3 is 2.45 bits per heavy atom. The summed E-state index contributed by atoms with van der Waals surface area (Å²) in [6.07, 6.45) is 1.29. The van der Waals surface area contributed by atoms with E-state index >= 15 is 0 Å². The maximum absolute atomic E-state index is 13.0. The molecule has 3 aromatic carbocycles. The van der Waals surface area contributed by atoms with Crippen molar-refractivity contribution >= 4 is 23.1 Å². The zero-order valence-corrected chi connectivity index (χ0v) is 16.9. The van der Waals surface area contributed by atoms with Crippen LogP contribution >= 0.6 is 11.6 Å². The molecule has 0 amide bonds. The van der Waals surface area contributed by atoms with Crippen LogP contribution in [0.1, 0.15) is 40.9 Å². The van der Waals surface area contributed by atoms with E-state index in [9.17, 15) is 4.79 Å². The Labute approximate surface area is 175 Å². The molecule has 0 radical (unpaired) electrons. The first-order chi connectivity index (χ1) is 14.1. The summed E-state index contributed by atoms with van der Waals surface area (Å²) in [5.41, 5.74) is 3.85. The highest BCUT2D eigenvalue weighted by Crippen LogP contribution is 2.34. The lowest BCUT2D eigenvalue weighted by molar-refractivity contribution is 0.0976. The quantitative estimate of drug-likeness (QED) is 0.484. The van der Waals surface area contributed by atoms with Crippen molar-refractivity contribution in [1.82, 2.24) is 0 Å². The minimum atomic E-state index is -0.167. The van der Waals surface area contributed by atoms with Crippen LogP contribution in [0.3, 0.4) is 0 Å². The number of ether oxygens (including phenoxy) is 2. The summed E-state index contributed by atoms with van der Waals surface area (Å²) in [5, 5.41) is 4.15. The van der Waals surface area contributed by atoms with Crippen molar-refractivity contribution in [3.05, 3.63) is 88.4 Å². The van der Waals surface area contributed by atoms with Gasteiger partial charge >= 0.3 is 0 Å². The molecule has 3 aromatic rings. The van der Waals surface area contributed by atoms with Gasteiger partial charge in [0, 0.05) is 22.7 Å². The molecule has 0 fully saturated rings. The number of halogens is 1.